The summed E-state index contributed by atoms with van der Waals surface area (Å²) in [5, 5.41) is 3.31. The number of nitrogens with one attached hydrogen (secondary N) is 1. The van der Waals surface area contributed by atoms with Gasteiger partial charge in [-0.3, -0.25) is 0 Å². The third-order valence-corrected chi connectivity index (χ3v) is 3.68. The zero-order chi connectivity index (χ0) is 13.7. The van der Waals surface area contributed by atoms with Crippen LogP contribution in [0.2, 0.25) is 0 Å². The van der Waals surface area contributed by atoms with Crippen molar-refractivity contribution in [2.24, 2.45) is 0 Å². The molecule has 0 amide bonds. The summed E-state index contributed by atoms with van der Waals surface area (Å²) in [6.07, 6.45) is 2.33. The van der Waals surface area contributed by atoms with Crippen molar-refractivity contribution in [1.82, 2.24) is 5.32 Å². The van der Waals surface area contributed by atoms with Gasteiger partial charge in [-0.15, -0.1) is 0 Å². The fourth-order valence-corrected chi connectivity index (χ4v) is 2.50. The van der Waals surface area contributed by atoms with Crippen LogP contribution < -0.4 is 10.2 Å². The molecule has 1 aromatic rings. The Labute approximate surface area is 114 Å². The van der Waals surface area contributed by atoms with E-state index < -0.39 is 0 Å². The number of anilines is 1. The summed E-state index contributed by atoms with van der Waals surface area (Å²) >= 11 is 0. The maximum Gasteiger partial charge on any atom is 0.146 e. The highest BCUT2D eigenvalue weighted by molar-refractivity contribution is 5.50. The Morgan fingerprint density at radius 3 is 2.74 bits per heavy atom. The minimum Gasteiger partial charge on any atom is -0.383 e. The van der Waals surface area contributed by atoms with Crippen LogP contribution in [0.15, 0.2) is 18.2 Å². The van der Waals surface area contributed by atoms with E-state index in [1.807, 2.05) is 19.1 Å². The molecule has 1 N–H and O–H groups in total. The maximum atomic E-state index is 14.2. The predicted molar refractivity (Wildman–Crippen MR) is 76.1 cm³/mol. The first-order valence-electron chi connectivity index (χ1n) is 6.99. The Morgan fingerprint density at radius 2 is 2.11 bits per heavy atom. The molecular formula is C15H23FN2O. The second kappa shape index (κ2) is 6.87. The summed E-state index contributed by atoms with van der Waals surface area (Å²) < 4.78 is 19.2. The van der Waals surface area contributed by atoms with Gasteiger partial charge >= 0.3 is 0 Å². The molecule has 0 radical (unpaired) electrons. The molecule has 2 rings (SSSR count). The smallest absolute Gasteiger partial charge is 0.146 e. The van der Waals surface area contributed by atoms with Crippen LogP contribution >= 0.6 is 0 Å². The van der Waals surface area contributed by atoms with Gasteiger partial charge < -0.3 is 15.0 Å². The number of benzene rings is 1. The van der Waals surface area contributed by atoms with Gasteiger partial charge in [0.15, 0.2) is 0 Å². The predicted octanol–water partition coefficient (Wildman–Crippen LogP) is 2.72. The number of rotatable bonds is 6. The Balaban J connectivity index is 2.01. The minimum atomic E-state index is -0.111. The van der Waals surface area contributed by atoms with E-state index in [-0.39, 0.29) is 11.9 Å². The minimum absolute atomic E-state index is 0.111. The molecule has 0 unspecified atom stereocenters. The van der Waals surface area contributed by atoms with Crippen molar-refractivity contribution in [3.05, 3.63) is 29.6 Å². The maximum absolute atomic E-state index is 14.2. The number of nitrogens with zero attached hydrogens (tertiary/aromatic N) is 1. The first-order chi connectivity index (χ1) is 9.22. The summed E-state index contributed by atoms with van der Waals surface area (Å²) in [5.41, 5.74) is 1.72. The van der Waals surface area contributed by atoms with Crippen molar-refractivity contribution in [3.8, 4) is 0 Å². The summed E-state index contributed by atoms with van der Waals surface area (Å²) in [6.45, 7) is 5.42. The second-order valence-corrected chi connectivity index (χ2v) is 5.07. The second-order valence-electron chi connectivity index (χ2n) is 5.07. The molecule has 4 heteroatoms. The largest absolute Gasteiger partial charge is 0.383 e. The molecule has 0 aliphatic carbocycles. The van der Waals surface area contributed by atoms with E-state index in [4.69, 9.17) is 4.74 Å². The zero-order valence-electron chi connectivity index (χ0n) is 11.8. The van der Waals surface area contributed by atoms with Crippen molar-refractivity contribution in [1.29, 1.82) is 0 Å². The lowest BCUT2D eigenvalue weighted by Gasteiger charge is -2.20. The van der Waals surface area contributed by atoms with E-state index in [0.29, 0.717) is 6.61 Å². The van der Waals surface area contributed by atoms with E-state index in [1.54, 1.807) is 13.2 Å². The van der Waals surface area contributed by atoms with Crippen molar-refractivity contribution < 1.29 is 9.13 Å². The Kier molecular flexibility index (Phi) is 5.16. The average molecular weight is 266 g/mol. The van der Waals surface area contributed by atoms with Gasteiger partial charge in [-0.05, 0) is 37.5 Å². The number of halogens is 1. The molecule has 1 aromatic carbocycles. The molecule has 1 saturated heterocycles. The summed E-state index contributed by atoms with van der Waals surface area (Å²) in [7, 11) is 1.68. The quantitative estimate of drug-likeness (QED) is 0.801. The fourth-order valence-electron chi connectivity index (χ4n) is 2.50. The highest BCUT2D eigenvalue weighted by Crippen LogP contribution is 2.26. The normalized spacial score (nSPS) is 16.9. The third-order valence-electron chi connectivity index (χ3n) is 3.68. The highest BCUT2D eigenvalue weighted by atomic mass is 19.1. The zero-order valence-corrected chi connectivity index (χ0v) is 11.8. The molecule has 3 nitrogen and oxygen atoms in total. The monoisotopic (exact) mass is 266 g/mol. The molecule has 1 fully saturated rings. The summed E-state index contributed by atoms with van der Waals surface area (Å²) in [5.74, 6) is -0.111. The van der Waals surface area contributed by atoms with Crippen molar-refractivity contribution >= 4 is 5.69 Å². The molecule has 0 bridgehead atoms. The first kappa shape index (κ1) is 14.3. The Bertz CT molecular complexity index is 405. The first-order valence-corrected chi connectivity index (χ1v) is 6.99. The molecule has 1 aliphatic rings. The van der Waals surface area contributed by atoms with Gasteiger partial charge in [-0.1, -0.05) is 6.07 Å². The van der Waals surface area contributed by atoms with Crippen molar-refractivity contribution in [3.63, 3.8) is 0 Å². The SMILES string of the molecule is COCCN[C@@H](C)c1ccc(N2CCCC2)c(F)c1. The molecule has 0 aromatic heterocycles. The van der Waals surface area contributed by atoms with Gasteiger partial charge in [0.05, 0.1) is 12.3 Å². The van der Waals surface area contributed by atoms with Crippen LogP contribution in [0.25, 0.3) is 0 Å². The standard InChI is InChI=1S/C15H23FN2O/c1-12(17-7-10-19-2)13-5-6-15(14(16)11-13)18-8-3-4-9-18/h5-6,11-12,17H,3-4,7-10H2,1-2H3/t12-/m0/s1. The van der Waals surface area contributed by atoms with Crippen LogP contribution in [0.1, 0.15) is 31.4 Å². The summed E-state index contributed by atoms with van der Waals surface area (Å²) in [4.78, 5) is 2.13. The number of hydrogen-bond acceptors (Lipinski definition) is 3. The molecule has 1 aliphatic heterocycles. The molecule has 106 valence electrons. The number of hydrogen-bond donors (Lipinski definition) is 1. The lowest BCUT2D eigenvalue weighted by molar-refractivity contribution is 0.196. The van der Waals surface area contributed by atoms with Gasteiger partial charge in [0.2, 0.25) is 0 Å². The van der Waals surface area contributed by atoms with Gasteiger partial charge in [-0.2, -0.15) is 0 Å². The third kappa shape index (κ3) is 3.67. The van der Waals surface area contributed by atoms with E-state index in [9.17, 15) is 4.39 Å². The van der Waals surface area contributed by atoms with Crippen LogP contribution in [-0.2, 0) is 4.74 Å². The van der Waals surface area contributed by atoms with Gasteiger partial charge in [-0.25, -0.2) is 4.39 Å². The lowest BCUT2D eigenvalue weighted by Crippen LogP contribution is -2.23. The lowest BCUT2D eigenvalue weighted by atomic mass is 10.1. The van der Waals surface area contributed by atoms with Crippen molar-refractivity contribution in [2.75, 3.05) is 38.3 Å². The van der Waals surface area contributed by atoms with Crippen LogP contribution in [-0.4, -0.2) is 33.4 Å². The van der Waals surface area contributed by atoms with Crippen LogP contribution in [0.3, 0.4) is 0 Å². The van der Waals surface area contributed by atoms with E-state index in [2.05, 4.69) is 10.2 Å². The van der Waals surface area contributed by atoms with Crippen LogP contribution in [0, 0.1) is 5.82 Å². The van der Waals surface area contributed by atoms with Crippen LogP contribution in [0.5, 0.6) is 0 Å². The van der Waals surface area contributed by atoms with Gasteiger partial charge in [0.25, 0.3) is 0 Å². The van der Waals surface area contributed by atoms with Gasteiger partial charge in [0, 0.05) is 32.8 Å². The van der Waals surface area contributed by atoms with E-state index >= 15 is 0 Å². The molecule has 0 saturated carbocycles. The van der Waals surface area contributed by atoms with E-state index in [0.717, 1.165) is 43.7 Å². The number of ether oxygens (including phenoxy) is 1. The Morgan fingerprint density at radius 1 is 1.37 bits per heavy atom. The molecule has 19 heavy (non-hydrogen) atoms. The molecule has 1 heterocycles. The van der Waals surface area contributed by atoms with Gasteiger partial charge in [0.1, 0.15) is 5.82 Å². The molecular weight excluding hydrogens is 243 g/mol. The molecule has 0 spiro atoms. The topological polar surface area (TPSA) is 24.5 Å². The Hall–Kier alpha value is -1.13. The van der Waals surface area contributed by atoms with Crippen molar-refractivity contribution in [2.45, 2.75) is 25.8 Å². The average Bonchev–Trinajstić information content (AvgIpc) is 2.92. The fraction of sp³-hybridized carbons (Fsp3) is 0.600. The highest BCUT2D eigenvalue weighted by Gasteiger charge is 2.17. The summed E-state index contributed by atoms with van der Waals surface area (Å²) in [6, 6.07) is 5.71. The molecule has 1 atom stereocenters. The van der Waals surface area contributed by atoms with Crippen LogP contribution in [0.4, 0.5) is 10.1 Å². The van der Waals surface area contributed by atoms with E-state index in [1.165, 1.54) is 0 Å². The number of methoxy groups -OCH3 is 1.